The molecule has 0 saturated carbocycles. The van der Waals surface area contributed by atoms with E-state index >= 15 is 0 Å². The van der Waals surface area contributed by atoms with Gasteiger partial charge < -0.3 is 9.64 Å². The maximum Gasteiger partial charge on any atom is 0.243 e. The second-order valence-corrected chi connectivity index (χ2v) is 9.78. The molecular formula is C21H28N2O3S. The van der Waals surface area contributed by atoms with Crippen LogP contribution in [0.2, 0.25) is 0 Å². The Kier molecular flexibility index (Phi) is 5.49. The number of methoxy groups -OCH3 is 1. The number of rotatable bonds is 4. The summed E-state index contributed by atoms with van der Waals surface area (Å²) in [6.07, 6.45) is 0. The molecule has 6 heteroatoms. The van der Waals surface area contributed by atoms with Crippen LogP contribution < -0.4 is 9.64 Å². The fourth-order valence-corrected chi connectivity index (χ4v) is 4.76. The van der Waals surface area contributed by atoms with Crippen LogP contribution in [0, 0.1) is 0 Å². The first-order valence-electron chi connectivity index (χ1n) is 9.22. The summed E-state index contributed by atoms with van der Waals surface area (Å²) >= 11 is 0. The zero-order valence-electron chi connectivity index (χ0n) is 16.5. The van der Waals surface area contributed by atoms with Crippen LogP contribution in [0.3, 0.4) is 0 Å². The largest absolute Gasteiger partial charge is 0.495 e. The lowest BCUT2D eigenvalue weighted by molar-refractivity contribution is 0.378. The minimum atomic E-state index is -3.47. The topological polar surface area (TPSA) is 49.9 Å². The summed E-state index contributed by atoms with van der Waals surface area (Å²) in [7, 11) is -1.82. The van der Waals surface area contributed by atoms with Crippen LogP contribution in [0.15, 0.2) is 53.4 Å². The molecule has 2 aromatic rings. The molecule has 27 heavy (non-hydrogen) atoms. The molecule has 0 amide bonds. The molecule has 2 aromatic carbocycles. The van der Waals surface area contributed by atoms with Crippen LogP contribution in [-0.2, 0) is 15.4 Å². The number of anilines is 1. The summed E-state index contributed by atoms with van der Waals surface area (Å²) < 4.78 is 33.0. The van der Waals surface area contributed by atoms with Crippen LogP contribution in [0.25, 0.3) is 0 Å². The van der Waals surface area contributed by atoms with Gasteiger partial charge in [0.2, 0.25) is 10.0 Å². The molecule has 0 unspecified atom stereocenters. The van der Waals surface area contributed by atoms with Gasteiger partial charge in [-0.1, -0.05) is 45.0 Å². The molecular weight excluding hydrogens is 360 g/mol. The number of hydrogen-bond donors (Lipinski definition) is 0. The summed E-state index contributed by atoms with van der Waals surface area (Å²) in [6, 6.07) is 15.1. The highest BCUT2D eigenvalue weighted by Crippen LogP contribution is 2.30. The third kappa shape index (κ3) is 4.12. The molecule has 5 nitrogen and oxygen atoms in total. The van der Waals surface area contributed by atoms with Gasteiger partial charge in [-0.3, -0.25) is 0 Å². The Morgan fingerprint density at radius 3 is 2.04 bits per heavy atom. The second-order valence-electron chi connectivity index (χ2n) is 7.84. The Balaban J connectivity index is 1.73. The minimum Gasteiger partial charge on any atom is -0.495 e. The van der Waals surface area contributed by atoms with Crippen molar-refractivity contribution in [3.05, 3.63) is 54.1 Å². The number of para-hydroxylation sites is 2. The van der Waals surface area contributed by atoms with E-state index in [1.54, 1.807) is 23.5 Å². The van der Waals surface area contributed by atoms with Crippen molar-refractivity contribution in [2.45, 2.75) is 31.1 Å². The molecule has 3 rings (SSSR count). The molecule has 146 valence electrons. The van der Waals surface area contributed by atoms with Crippen molar-refractivity contribution >= 4 is 15.7 Å². The number of piperazine rings is 1. The summed E-state index contributed by atoms with van der Waals surface area (Å²) in [4.78, 5) is 2.54. The van der Waals surface area contributed by atoms with Crippen molar-refractivity contribution in [3.63, 3.8) is 0 Å². The molecule has 0 bridgehead atoms. The summed E-state index contributed by atoms with van der Waals surface area (Å²) in [5.74, 6) is 0.812. The van der Waals surface area contributed by atoms with E-state index in [1.165, 1.54) is 0 Å². The zero-order chi connectivity index (χ0) is 19.7. The Morgan fingerprint density at radius 1 is 0.889 bits per heavy atom. The maximum absolute atomic E-state index is 13.0. The Labute approximate surface area is 162 Å². The highest BCUT2D eigenvalue weighted by atomic mass is 32.2. The first-order valence-corrected chi connectivity index (χ1v) is 10.7. The predicted molar refractivity (Wildman–Crippen MR) is 109 cm³/mol. The SMILES string of the molecule is COc1ccccc1N1CCN(S(=O)(=O)c2ccc(C(C)(C)C)cc2)CC1. The number of ether oxygens (including phenoxy) is 1. The van der Waals surface area contributed by atoms with Crippen molar-refractivity contribution in [2.24, 2.45) is 0 Å². The molecule has 0 aliphatic carbocycles. The minimum absolute atomic E-state index is 0.00264. The standard InChI is InChI=1S/C21H28N2O3S/c1-21(2,3)17-9-11-18(12-10-17)27(24,25)23-15-13-22(14-16-23)19-7-5-6-8-20(19)26-4/h5-12H,13-16H2,1-4H3. The quantitative estimate of drug-likeness (QED) is 0.804. The van der Waals surface area contributed by atoms with Gasteiger partial charge in [-0.25, -0.2) is 8.42 Å². The van der Waals surface area contributed by atoms with Gasteiger partial charge in [-0.05, 0) is 35.2 Å². The number of benzene rings is 2. The molecule has 0 N–H and O–H groups in total. The lowest BCUT2D eigenvalue weighted by Crippen LogP contribution is -2.48. The molecule has 0 atom stereocenters. The van der Waals surface area contributed by atoms with E-state index in [2.05, 4.69) is 25.7 Å². The number of sulfonamides is 1. The zero-order valence-corrected chi connectivity index (χ0v) is 17.3. The first-order chi connectivity index (χ1) is 12.7. The van der Waals surface area contributed by atoms with Crippen LogP contribution in [0.5, 0.6) is 5.75 Å². The van der Waals surface area contributed by atoms with Crippen molar-refractivity contribution in [1.82, 2.24) is 4.31 Å². The van der Waals surface area contributed by atoms with E-state index in [9.17, 15) is 8.42 Å². The molecule has 1 heterocycles. The molecule has 0 radical (unpaired) electrons. The van der Waals surface area contributed by atoms with Crippen LogP contribution >= 0.6 is 0 Å². The lowest BCUT2D eigenvalue weighted by atomic mass is 9.87. The van der Waals surface area contributed by atoms with E-state index in [1.807, 2.05) is 36.4 Å². The summed E-state index contributed by atoms with van der Waals surface area (Å²) in [5.41, 5.74) is 2.14. The molecule has 1 aliphatic rings. The third-order valence-electron chi connectivity index (χ3n) is 5.02. The Bertz CT molecular complexity index is 878. The average molecular weight is 389 g/mol. The monoisotopic (exact) mass is 388 g/mol. The second kappa shape index (κ2) is 7.52. The third-order valence-corrected chi connectivity index (χ3v) is 6.94. The van der Waals surface area contributed by atoms with Gasteiger partial charge >= 0.3 is 0 Å². The summed E-state index contributed by atoms with van der Waals surface area (Å²) in [6.45, 7) is 8.55. The maximum atomic E-state index is 13.0. The molecule has 1 saturated heterocycles. The van der Waals surface area contributed by atoms with Gasteiger partial charge in [0.05, 0.1) is 17.7 Å². The highest BCUT2D eigenvalue weighted by molar-refractivity contribution is 7.89. The van der Waals surface area contributed by atoms with Gasteiger partial charge in [-0.15, -0.1) is 0 Å². The van der Waals surface area contributed by atoms with Crippen molar-refractivity contribution in [3.8, 4) is 5.75 Å². The van der Waals surface area contributed by atoms with Gasteiger partial charge in [0.1, 0.15) is 5.75 Å². The molecule has 0 spiro atoms. The van der Waals surface area contributed by atoms with Crippen molar-refractivity contribution in [1.29, 1.82) is 0 Å². The fourth-order valence-electron chi connectivity index (χ4n) is 3.34. The van der Waals surface area contributed by atoms with E-state index in [0.29, 0.717) is 31.1 Å². The first kappa shape index (κ1) is 19.7. The Hall–Kier alpha value is -2.05. The predicted octanol–water partition coefficient (Wildman–Crippen LogP) is 3.50. The summed E-state index contributed by atoms with van der Waals surface area (Å²) in [5, 5.41) is 0. The van der Waals surface area contributed by atoms with E-state index in [0.717, 1.165) is 17.0 Å². The van der Waals surface area contributed by atoms with Crippen molar-refractivity contribution < 1.29 is 13.2 Å². The number of nitrogens with zero attached hydrogens (tertiary/aromatic N) is 2. The average Bonchev–Trinajstić information content (AvgIpc) is 2.67. The van der Waals surface area contributed by atoms with E-state index in [-0.39, 0.29) is 5.41 Å². The highest BCUT2D eigenvalue weighted by Gasteiger charge is 2.29. The van der Waals surface area contributed by atoms with E-state index in [4.69, 9.17) is 4.74 Å². The van der Waals surface area contributed by atoms with Gasteiger partial charge in [0.15, 0.2) is 0 Å². The molecule has 0 aromatic heterocycles. The molecule has 1 fully saturated rings. The van der Waals surface area contributed by atoms with Gasteiger partial charge in [0.25, 0.3) is 0 Å². The van der Waals surface area contributed by atoms with Crippen LogP contribution in [-0.4, -0.2) is 46.0 Å². The van der Waals surface area contributed by atoms with Crippen LogP contribution in [0.1, 0.15) is 26.3 Å². The lowest BCUT2D eigenvalue weighted by Gasteiger charge is -2.36. The van der Waals surface area contributed by atoms with E-state index < -0.39 is 10.0 Å². The van der Waals surface area contributed by atoms with Gasteiger partial charge in [0, 0.05) is 26.2 Å². The fraction of sp³-hybridized carbons (Fsp3) is 0.429. The molecule has 1 aliphatic heterocycles. The number of hydrogen-bond acceptors (Lipinski definition) is 4. The smallest absolute Gasteiger partial charge is 0.243 e. The van der Waals surface area contributed by atoms with Crippen molar-refractivity contribution in [2.75, 3.05) is 38.2 Å². The normalized spacial score (nSPS) is 16.4. The Morgan fingerprint density at radius 2 is 1.48 bits per heavy atom. The van der Waals surface area contributed by atoms with Crippen LogP contribution in [0.4, 0.5) is 5.69 Å². The van der Waals surface area contributed by atoms with Gasteiger partial charge in [-0.2, -0.15) is 4.31 Å².